The summed E-state index contributed by atoms with van der Waals surface area (Å²) in [7, 11) is 0. The molecule has 0 N–H and O–H groups in total. The van der Waals surface area contributed by atoms with Gasteiger partial charge >= 0.3 is 5.97 Å². The van der Waals surface area contributed by atoms with Gasteiger partial charge in [0.2, 0.25) is 6.79 Å². The lowest BCUT2D eigenvalue weighted by Crippen LogP contribution is -2.18. The van der Waals surface area contributed by atoms with E-state index in [1.807, 2.05) is 0 Å². The molecule has 1 aliphatic rings. The fourth-order valence-corrected chi connectivity index (χ4v) is 2.57. The predicted octanol–water partition coefficient (Wildman–Crippen LogP) is 2.69. The van der Waals surface area contributed by atoms with E-state index in [9.17, 15) is 9.59 Å². The van der Waals surface area contributed by atoms with Gasteiger partial charge in [0.15, 0.2) is 23.5 Å². The molecule has 7 nitrogen and oxygen atoms in total. The molecule has 0 saturated carbocycles. The van der Waals surface area contributed by atoms with Gasteiger partial charge in [-0.15, -0.1) is 0 Å². The normalized spacial score (nSPS) is 12.5. The summed E-state index contributed by atoms with van der Waals surface area (Å²) < 4.78 is 17.3. The molecule has 1 aliphatic heterocycles. The standard InChI is InChI=1S/C16H15ClN2O5/c1-9(2)24-16(21)15-12(6-20)18-7-19(15)5-10-3-13-14(4-11(10)17)23-8-22-13/h3-4,6-7,9H,5,8H2,1-2H3. The largest absolute Gasteiger partial charge is 0.458 e. The first-order chi connectivity index (χ1) is 11.5. The molecule has 8 heteroatoms. The Morgan fingerprint density at radius 3 is 2.79 bits per heavy atom. The molecule has 2 aromatic rings. The van der Waals surface area contributed by atoms with Gasteiger partial charge < -0.3 is 18.8 Å². The van der Waals surface area contributed by atoms with Crippen LogP contribution in [0, 0.1) is 0 Å². The van der Waals surface area contributed by atoms with Crippen LogP contribution >= 0.6 is 11.6 Å². The van der Waals surface area contributed by atoms with Crippen molar-refractivity contribution in [1.29, 1.82) is 0 Å². The van der Waals surface area contributed by atoms with Crippen molar-refractivity contribution in [3.05, 3.63) is 40.4 Å². The van der Waals surface area contributed by atoms with E-state index in [1.165, 1.54) is 10.9 Å². The Hall–Kier alpha value is -2.54. The Labute approximate surface area is 143 Å². The van der Waals surface area contributed by atoms with E-state index in [0.29, 0.717) is 28.4 Å². The first kappa shape index (κ1) is 16.3. The van der Waals surface area contributed by atoms with Crippen LogP contribution in [0.2, 0.25) is 5.02 Å². The Bertz CT molecular complexity index is 800. The fourth-order valence-electron chi connectivity index (χ4n) is 2.36. The van der Waals surface area contributed by atoms with Crippen molar-refractivity contribution < 1.29 is 23.8 Å². The van der Waals surface area contributed by atoms with E-state index in [-0.39, 0.29) is 30.8 Å². The number of carbonyl (C=O) groups is 2. The summed E-state index contributed by atoms with van der Waals surface area (Å²) in [6.07, 6.45) is 1.62. The van der Waals surface area contributed by atoms with Crippen LogP contribution in [0.4, 0.5) is 0 Å². The van der Waals surface area contributed by atoms with Crippen LogP contribution in [-0.2, 0) is 11.3 Å². The summed E-state index contributed by atoms with van der Waals surface area (Å²) in [6.45, 7) is 3.84. The van der Waals surface area contributed by atoms with Gasteiger partial charge in [-0.3, -0.25) is 4.79 Å². The summed E-state index contributed by atoms with van der Waals surface area (Å²) in [6, 6.07) is 3.39. The second-order valence-corrected chi connectivity index (χ2v) is 5.88. The minimum atomic E-state index is -0.610. The van der Waals surface area contributed by atoms with Crippen molar-refractivity contribution in [2.45, 2.75) is 26.5 Å². The number of rotatable bonds is 5. The molecular weight excluding hydrogens is 336 g/mol. The molecule has 0 atom stereocenters. The maximum absolute atomic E-state index is 12.3. The Morgan fingerprint density at radius 1 is 1.42 bits per heavy atom. The van der Waals surface area contributed by atoms with E-state index < -0.39 is 5.97 Å². The lowest BCUT2D eigenvalue weighted by molar-refractivity contribution is 0.0363. The number of nitrogens with zero attached hydrogens (tertiary/aromatic N) is 2. The maximum Gasteiger partial charge on any atom is 0.357 e. The number of hydrogen-bond donors (Lipinski definition) is 0. The highest BCUT2D eigenvalue weighted by molar-refractivity contribution is 6.31. The average Bonchev–Trinajstić information content (AvgIpc) is 3.13. The van der Waals surface area contributed by atoms with Gasteiger partial charge in [-0.1, -0.05) is 11.6 Å². The van der Waals surface area contributed by atoms with Gasteiger partial charge in [-0.2, -0.15) is 0 Å². The molecule has 0 bridgehead atoms. The second-order valence-electron chi connectivity index (χ2n) is 5.48. The summed E-state index contributed by atoms with van der Waals surface area (Å²) in [5.74, 6) is 0.542. The fraction of sp³-hybridized carbons (Fsp3) is 0.312. The Balaban J connectivity index is 1.95. The zero-order valence-corrected chi connectivity index (χ0v) is 13.9. The van der Waals surface area contributed by atoms with Crippen LogP contribution in [0.3, 0.4) is 0 Å². The van der Waals surface area contributed by atoms with Crippen molar-refractivity contribution in [3.8, 4) is 11.5 Å². The molecule has 0 radical (unpaired) electrons. The van der Waals surface area contributed by atoms with E-state index >= 15 is 0 Å². The van der Waals surface area contributed by atoms with E-state index in [2.05, 4.69) is 4.98 Å². The molecule has 0 unspecified atom stereocenters. The molecular formula is C16H15ClN2O5. The summed E-state index contributed by atoms with van der Waals surface area (Å²) in [5, 5.41) is 0.462. The number of imidazole rings is 1. The molecule has 3 rings (SSSR count). The van der Waals surface area contributed by atoms with Crippen LogP contribution in [-0.4, -0.2) is 34.7 Å². The number of halogens is 1. The molecule has 0 saturated heterocycles. The van der Waals surface area contributed by atoms with Crippen molar-refractivity contribution in [3.63, 3.8) is 0 Å². The summed E-state index contributed by atoms with van der Waals surface area (Å²) >= 11 is 6.26. The molecule has 126 valence electrons. The Morgan fingerprint density at radius 2 is 2.12 bits per heavy atom. The minimum absolute atomic E-state index is 0.0255. The third-order valence-electron chi connectivity index (χ3n) is 3.40. The number of benzene rings is 1. The number of esters is 1. The molecule has 1 aromatic carbocycles. The second kappa shape index (κ2) is 6.52. The van der Waals surface area contributed by atoms with Crippen LogP contribution in [0.1, 0.15) is 40.4 Å². The molecule has 0 fully saturated rings. The van der Waals surface area contributed by atoms with Crippen LogP contribution < -0.4 is 9.47 Å². The zero-order chi connectivity index (χ0) is 17.3. The highest BCUT2D eigenvalue weighted by Gasteiger charge is 2.23. The summed E-state index contributed by atoms with van der Waals surface area (Å²) in [5.41, 5.74) is 0.819. The van der Waals surface area contributed by atoms with Crippen molar-refractivity contribution >= 4 is 23.9 Å². The quantitative estimate of drug-likeness (QED) is 0.609. The van der Waals surface area contributed by atoms with E-state index in [0.717, 1.165) is 0 Å². The van der Waals surface area contributed by atoms with E-state index in [4.69, 9.17) is 25.8 Å². The monoisotopic (exact) mass is 350 g/mol. The van der Waals surface area contributed by atoms with Crippen molar-refractivity contribution in [2.24, 2.45) is 0 Å². The van der Waals surface area contributed by atoms with Crippen LogP contribution in [0.25, 0.3) is 0 Å². The number of ether oxygens (including phenoxy) is 3. The third kappa shape index (κ3) is 3.07. The highest BCUT2D eigenvalue weighted by atomic mass is 35.5. The van der Waals surface area contributed by atoms with Gasteiger partial charge in [0, 0.05) is 11.1 Å². The molecule has 0 spiro atoms. The van der Waals surface area contributed by atoms with Crippen LogP contribution in [0.5, 0.6) is 11.5 Å². The first-order valence-corrected chi connectivity index (χ1v) is 7.66. The zero-order valence-electron chi connectivity index (χ0n) is 13.1. The van der Waals surface area contributed by atoms with Gasteiger partial charge in [0.25, 0.3) is 0 Å². The minimum Gasteiger partial charge on any atom is -0.458 e. The molecule has 0 amide bonds. The SMILES string of the molecule is CC(C)OC(=O)c1c(C=O)ncn1Cc1cc2c(cc1Cl)OCO2. The van der Waals surface area contributed by atoms with Gasteiger partial charge in [-0.05, 0) is 25.5 Å². The van der Waals surface area contributed by atoms with E-state index in [1.54, 1.807) is 26.0 Å². The van der Waals surface area contributed by atoms with Gasteiger partial charge in [0.05, 0.1) is 19.0 Å². The number of aromatic nitrogens is 2. The number of carbonyl (C=O) groups excluding carboxylic acids is 2. The number of fused-ring (bicyclic) bond motifs is 1. The predicted molar refractivity (Wildman–Crippen MR) is 84.8 cm³/mol. The smallest absolute Gasteiger partial charge is 0.357 e. The third-order valence-corrected chi connectivity index (χ3v) is 3.75. The van der Waals surface area contributed by atoms with Crippen LogP contribution in [0.15, 0.2) is 18.5 Å². The summed E-state index contributed by atoms with van der Waals surface area (Å²) in [4.78, 5) is 27.4. The van der Waals surface area contributed by atoms with Crippen molar-refractivity contribution in [2.75, 3.05) is 6.79 Å². The lowest BCUT2D eigenvalue weighted by atomic mass is 10.2. The highest BCUT2D eigenvalue weighted by Crippen LogP contribution is 2.37. The molecule has 2 heterocycles. The number of aldehydes is 1. The topological polar surface area (TPSA) is 79.7 Å². The lowest BCUT2D eigenvalue weighted by Gasteiger charge is -2.12. The van der Waals surface area contributed by atoms with Crippen molar-refractivity contribution in [1.82, 2.24) is 9.55 Å². The van der Waals surface area contributed by atoms with Gasteiger partial charge in [-0.25, -0.2) is 9.78 Å². The first-order valence-electron chi connectivity index (χ1n) is 7.29. The molecule has 0 aliphatic carbocycles. The molecule has 24 heavy (non-hydrogen) atoms. The Kier molecular flexibility index (Phi) is 4.44. The average molecular weight is 351 g/mol. The maximum atomic E-state index is 12.3. The number of hydrogen-bond acceptors (Lipinski definition) is 6. The van der Waals surface area contributed by atoms with Gasteiger partial charge in [0.1, 0.15) is 5.69 Å². The molecule has 1 aromatic heterocycles.